The Balaban J connectivity index is 1.92. The predicted molar refractivity (Wildman–Crippen MR) is 71.0 cm³/mol. The summed E-state index contributed by atoms with van der Waals surface area (Å²) >= 11 is 0. The van der Waals surface area contributed by atoms with Crippen molar-refractivity contribution in [2.24, 2.45) is 5.92 Å². The van der Waals surface area contributed by atoms with Crippen LogP contribution in [0.5, 0.6) is 0 Å². The highest BCUT2D eigenvalue weighted by Crippen LogP contribution is 2.16. The van der Waals surface area contributed by atoms with Crippen LogP contribution in [-0.2, 0) is 16.1 Å². The zero-order valence-corrected chi connectivity index (χ0v) is 11.1. The van der Waals surface area contributed by atoms with Gasteiger partial charge in [0.05, 0.1) is 11.5 Å². The van der Waals surface area contributed by atoms with E-state index in [9.17, 15) is 14.4 Å². The van der Waals surface area contributed by atoms with Gasteiger partial charge in [-0.15, -0.1) is 0 Å². The average Bonchev–Trinajstić information content (AvgIpc) is 2.76. The van der Waals surface area contributed by atoms with Crippen LogP contribution in [0.25, 0.3) is 0 Å². The number of hydrogen-bond donors (Lipinski definition) is 2. The fraction of sp³-hybridized carbons (Fsp3) is 0.357. The molecule has 0 saturated carbocycles. The van der Waals surface area contributed by atoms with Crippen LogP contribution in [0.4, 0.5) is 0 Å². The van der Waals surface area contributed by atoms with Gasteiger partial charge >= 0.3 is 5.97 Å². The molecule has 0 radical (unpaired) electrons. The van der Waals surface area contributed by atoms with Gasteiger partial charge in [0, 0.05) is 26.6 Å². The molecule has 0 unspecified atom stereocenters. The lowest BCUT2D eigenvalue weighted by molar-refractivity contribution is -0.128. The van der Waals surface area contributed by atoms with Crippen molar-refractivity contribution < 1.29 is 19.5 Å². The number of benzene rings is 1. The fourth-order valence-corrected chi connectivity index (χ4v) is 2.19. The van der Waals surface area contributed by atoms with Crippen LogP contribution in [0.15, 0.2) is 24.3 Å². The molecule has 1 aliphatic heterocycles. The van der Waals surface area contributed by atoms with E-state index in [-0.39, 0.29) is 36.3 Å². The lowest BCUT2D eigenvalue weighted by Gasteiger charge is -2.11. The largest absolute Gasteiger partial charge is 0.478 e. The number of likely N-dealkylation sites (tertiary alicyclic amines) is 1. The predicted octanol–water partition coefficient (Wildman–Crippen LogP) is 0.479. The lowest BCUT2D eigenvalue weighted by atomic mass is 10.1. The average molecular weight is 276 g/mol. The molecule has 1 fully saturated rings. The molecule has 2 rings (SSSR count). The van der Waals surface area contributed by atoms with E-state index in [1.165, 1.54) is 17.0 Å². The lowest BCUT2D eigenvalue weighted by Crippen LogP contribution is -2.31. The van der Waals surface area contributed by atoms with E-state index in [2.05, 4.69) is 5.32 Å². The summed E-state index contributed by atoms with van der Waals surface area (Å²) in [6.07, 6.45) is 0.234. The molecule has 106 valence electrons. The molecule has 0 aromatic heterocycles. The molecule has 1 atom stereocenters. The number of amides is 2. The maximum absolute atomic E-state index is 11.9. The Morgan fingerprint density at radius 2 is 2.20 bits per heavy atom. The Labute approximate surface area is 116 Å². The van der Waals surface area contributed by atoms with E-state index in [0.717, 1.165) is 5.56 Å². The van der Waals surface area contributed by atoms with Crippen molar-refractivity contribution in [3.05, 3.63) is 35.4 Å². The number of nitrogens with one attached hydrogen (secondary N) is 1. The maximum atomic E-state index is 11.9. The minimum Gasteiger partial charge on any atom is -0.478 e. The summed E-state index contributed by atoms with van der Waals surface area (Å²) in [6, 6.07) is 6.41. The number of carbonyl (C=O) groups excluding carboxylic acids is 2. The molecule has 1 aromatic rings. The second-order valence-corrected chi connectivity index (χ2v) is 4.90. The summed E-state index contributed by atoms with van der Waals surface area (Å²) in [5.74, 6) is -1.53. The van der Waals surface area contributed by atoms with E-state index < -0.39 is 5.97 Å². The van der Waals surface area contributed by atoms with Gasteiger partial charge in [0.15, 0.2) is 0 Å². The van der Waals surface area contributed by atoms with Crippen LogP contribution < -0.4 is 5.32 Å². The van der Waals surface area contributed by atoms with Gasteiger partial charge in [-0.3, -0.25) is 9.59 Å². The normalized spacial score (nSPS) is 18.1. The first kappa shape index (κ1) is 14.0. The quantitative estimate of drug-likeness (QED) is 0.837. The van der Waals surface area contributed by atoms with Gasteiger partial charge in [0.25, 0.3) is 0 Å². The molecule has 0 spiro atoms. The Bertz CT molecular complexity index is 556. The molecule has 6 nitrogen and oxygen atoms in total. The first-order valence-electron chi connectivity index (χ1n) is 6.31. The van der Waals surface area contributed by atoms with E-state index in [1.54, 1.807) is 19.2 Å². The van der Waals surface area contributed by atoms with Gasteiger partial charge in [-0.2, -0.15) is 0 Å². The van der Waals surface area contributed by atoms with Gasteiger partial charge in [-0.25, -0.2) is 4.79 Å². The minimum absolute atomic E-state index is 0.0296. The molecule has 20 heavy (non-hydrogen) atoms. The number of aromatic carboxylic acids is 1. The molecule has 0 aliphatic carbocycles. The number of carboxylic acids is 1. The van der Waals surface area contributed by atoms with Gasteiger partial charge in [-0.1, -0.05) is 12.1 Å². The topological polar surface area (TPSA) is 86.7 Å². The first-order valence-corrected chi connectivity index (χ1v) is 6.31. The Morgan fingerprint density at radius 1 is 1.45 bits per heavy atom. The van der Waals surface area contributed by atoms with Crippen molar-refractivity contribution >= 4 is 17.8 Å². The third-order valence-corrected chi connectivity index (χ3v) is 3.35. The zero-order valence-electron chi connectivity index (χ0n) is 11.1. The summed E-state index contributed by atoms with van der Waals surface area (Å²) in [6.45, 7) is 0.689. The van der Waals surface area contributed by atoms with Gasteiger partial charge in [0.2, 0.25) is 11.8 Å². The molecule has 2 N–H and O–H groups in total. The van der Waals surface area contributed by atoms with Crippen LogP contribution in [0.3, 0.4) is 0 Å². The number of hydrogen-bond acceptors (Lipinski definition) is 3. The molecule has 2 amide bonds. The van der Waals surface area contributed by atoms with E-state index in [0.29, 0.717) is 6.54 Å². The Morgan fingerprint density at radius 3 is 2.80 bits per heavy atom. The smallest absolute Gasteiger partial charge is 0.335 e. The van der Waals surface area contributed by atoms with Crippen LogP contribution in [0.2, 0.25) is 0 Å². The van der Waals surface area contributed by atoms with Gasteiger partial charge in [-0.05, 0) is 17.7 Å². The molecule has 0 bridgehead atoms. The summed E-state index contributed by atoms with van der Waals surface area (Å²) in [4.78, 5) is 35.7. The second kappa shape index (κ2) is 5.73. The third kappa shape index (κ3) is 3.14. The van der Waals surface area contributed by atoms with Crippen LogP contribution in [0.1, 0.15) is 22.3 Å². The van der Waals surface area contributed by atoms with Crippen LogP contribution in [-0.4, -0.2) is 41.4 Å². The molecule has 1 aliphatic rings. The molecule has 1 saturated heterocycles. The number of carboxylic acid groups (broad SMARTS) is 1. The Kier molecular flexibility index (Phi) is 4.02. The highest BCUT2D eigenvalue weighted by Gasteiger charge is 2.31. The Hall–Kier alpha value is -2.37. The highest BCUT2D eigenvalue weighted by atomic mass is 16.4. The SMILES string of the molecule is CN1C[C@@H](C(=O)NCc2cccc(C(=O)O)c2)CC1=O. The molecular formula is C14H16N2O4. The zero-order chi connectivity index (χ0) is 14.7. The van der Waals surface area contributed by atoms with Crippen molar-refractivity contribution in [1.29, 1.82) is 0 Å². The van der Waals surface area contributed by atoms with E-state index in [4.69, 9.17) is 5.11 Å². The highest BCUT2D eigenvalue weighted by molar-refractivity contribution is 5.89. The second-order valence-electron chi connectivity index (χ2n) is 4.90. The number of carbonyl (C=O) groups is 3. The molecule has 1 aromatic carbocycles. The van der Waals surface area contributed by atoms with E-state index in [1.807, 2.05) is 0 Å². The van der Waals surface area contributed by atoms with Crippen molar-refractivity contribution in [2.45, 2.75) is 13.0 Å². The summed E-state index contributed by atoms with van der Waals surface area (Å²) in [5.41, 5.74) is 0.906. The van der Waals surface area contributed by atoms with E-state index >= 15 is 0 Å². The van der Waals surface area contributed by atoms with Crippen molar-refractivity contribution in [1.82, 2.24) is 10.2 Å². The summed E-state index contributed by atoms with van der Waals surface area (Å²) in [7, 11) is 1.67. The van der Waals surface area contributed by atoms with Gasteiger partial charge < -0.3 is 15.3 Å². The minimum atomic E-state index is -0.999. The maximum Gasteiger partial charge on any atom is 0.335 e. The van der Waals surface area contributed by atoms with Crippen LogP contribution in [0, 0.1) is 5.92 Å². The molecule has 6 heteroatoms. The van der Waals surface area contributed by atoms with Crippen molar-refractivity contribution in [3.8, 4) is 0 Å². The number of rotatable bonds is 4. The van der Waals surface area contributed by atoms with Crippen molar-refractivity contribution in [3.63, 3.8) is 0 Å². The standard InChI is InChI=1S/C14H16N2O4/c1-16-8-11(6-12(16)17)13(18)15-7-9-3-2-4-10(5-9)14(19)20/h2-5,11H,6-8H2,1H3,(H,15,18)(H,19,20)/t11-/m0/s1. The fourth-order valence-electron chi connectivity index (χ4n) is 2.19. The van der Waals surface area contributed by atoms with Gasteiger partial charge in [0.1, 0.15) is 0 Å². The van der Waals surface area contributed by atoms with Crippen LogP contribution >= 0.6 is 0 Å². The first-order chi connectivity index (χ1) is 9.47. The number of nitrogens with zero attached hydrogens (tertiary/aromatic N) is 1. The molecule has 1 heterocycles. The third-order valence-electron chi connectivity index (χ3n) is 3.35. The molecular weight excluding hydrogens is 260 g/mol. The summed E-state index contributed by atoms with van der Waals surface area (Å²) < 4.78 is 0. The summed E-state index contributed by atoms with van der Waals surface area (Å²) in [5, 5.41) is 11.6. The van der Waals surface area contributed by atoms with Crippen molar-refractivity contribution in [2.75, 3.05) is 13.6 Å². The monoisotopic (exact) mass is 276 g/mol.